The minimum Gasteiger partial charge on any atom is -0.378 e. The normalized spacial score (nSPS) is 46.4. The quantitative estimate of drug-likeness (QED) is 0.696. The SMILES string of the molecule is CC1CCC(C(C)(C)C2CCC3CC3C2)CO1. The van der Waals surface area contributed by atoms with Gasteiger partial charge in [0, 0.05) is 0 Å². The van der Waals surface area contributed by atoms with Crippen molar-refractivity contribution in [2.24, 2.45) is 29.1 Å². The molecule has 5 unspecified atom stereocenters. The molecule has 1 nitrogen and oxygen atoms in total. The van der Waals surface area contributed by atoms with Crippen LogP contribution >= 0.6 is 0 Å². The summed E-state index contributed by atoms with van der Waals surface area (Å²) in [6.45, 7) is 8.27. The van der Waals surface area contributed by atoms with Crippen LogP contribution in [0.3, 0.4) is 0 Å². The Labute approximate surface area is 106 Å². The molecule has 1 heteroatoms. The van der Waals surface area contributed by atoms with Gasteiger partial charge in [-0.05, 0) is 74.5 Å². The van der Waals surface area contributed by atoms with Crippen molar-refractivity contribution in [2.75, 3.05) is 6.61 Å². The second-order valence-corrected chi connectivity index (χ2v) is 7.51. The molecule has 0 radical (unpaired) electrons. The van der Waals surface area contributed by atoms with Crippen molar-refractivity contribution in [3.05, 3.63) is 0 Å². The Morgan fingerprint density at radius 1 is 0.882 bits per heavy atom. The average Bonchev–Trinajstić information content (AvgIpc) is 3.07. The van der Waals surface area contributed by atoms with Crippen LogP contribution in [0, 0.1) is 29.1 Å². The van der Waals surface area contributed by atoms with Crippen LogP contribution in [0.1, 0.15) is 59.3 Å². The summed E-state index contributed by atoms with van der Waals surface area (Å²) < 4.78 is 5.90. The smallest absolute Gasteiger partial charge is 0.0547 e. The Balaban J connectivity index is 1.63. The molecule has 0 aromatic carbocycles. The molecular weight excluding hydrogens is 208 g/mol. The van der Waals surface area contributed by atoms with E-state index in [1.54, 1.807) is 6.42 Å². The zero-order valence-corrected chi connectivity index (χ0v) is 11.7. The van der Waals surface area contributed by atoms with Crippen LogP contribution in [-0.2, 0) is 4.74 Å². The van der Waals surface area contributed by atoms with Gasteiger partial charge in [0.05, 0.1) is 12.7 Å². The fraction of sp³-hybridized carbons (Fsp3) is 1.00. The van der Waals surface area contributed by atoms with Crippen LogP contribution < -0.4 is 0 Å². The second-order valence-electron chi connectivity index (χ2n) is 7.51. The highest BCUT2D eigenvalue weighted by atomic mass is 16.5. The van der Waals surface area contributed by atoms with Gasteiger partial charge in [0.2, 0.25) is 0 Å². The summed E-state index contributed by atoms with van der Waals surface area (Å²) in [6.07, 6.45) is 9.23. The lowest BCUT2D eigenvalue weighted by molar-refractivity contribution is -0.0630. The number of hydrogen-bond donors (Lipinski definition) is 0. The molecule has 0 amide bonds. The topological polar surface area (TPSA) is 9.23 Å². The number of fused-ring (bicyclic) bond motifs is 1. The van der Waals surface area contributed by atoms with Crippen LogP contribution in [0.25, 0.3) is 0 Å². The first-order valence-corrected chi connectivity index (χ1v) is 7.69. The standard InChI is InChI=1S/C16H28O/c1-11-4-6-15(10-17-11)16(2,3)14-7-5-12-8-13(12)9-14/h11-15H,4-10H2,1-3H3. The van der Waals surface area contributed by atoms with E-state index in [9.17, 15) is 0 Å². The van der Waals surface area contributed by atoms with E-state index in [0.717, 1.165) is 30.3 Å². The van der Waals surface area contributed by atoms with Crippen LogP contribution in [-0.4, -0.2) is 12.7 Å². The predicted octanol–water partition coefficient (Wildman–Crippen LogP) is 4.26. The van der Waals surface area contributed by atoms with Gasteiger partial charge >= 0.3 is 0 Å². The van der Waals surface area contributed by atoms with E-state index < -0.39 is 0 Å². The summed E-state index contributed by atoms with van der Waals surface area (Å²) in [5.41, 5.74) is 0.508. The molecule has 17 heavy (non-hydrogen) atoms. The minimum atomic E-state index is 0.501. The monoisotopic (exact) mass is 236 g/mol. The van der Waals surface area contributed by atoms with Crippen LogP contribution in [0.4, 0.5) is 0 Å². The van der Waals surface area contributed by atoms with Crippen molar-refractivity contribution >= 4 is 0 Å². The largest absolute Gasteiger partial charge is 0.378 e. The zero-order valence-electron chi connectivity index (χ0n) is 11.7. The Kier molecular flexibility index (Phi) is 3.01. The van der Waals surface area contributed by atoms with E-state index in [4.69, 9.17) is 4.74 Å². The summed E-state index contributed by atoms with van der Waals surface area (Å²) in [6, 6.07) is 0. The van der Waals surface area contributed by atoms with E-state index in [0.29, 0.717) is 11.5 Å². The van der Waals surface area contributed by atoms with E-state index >= 15 is 0 Å². The molecule has 98 valence electrons. The first-order chi connectivity index (χ1) is 8.07. The van der Waals surface area contributed by atoms with Crippen LogP contribution in [0.15, 0.2) is 0 Å². The van der Waals surface area contributed by atoms with E-state index in [1.165, 1.54) is 32.1 Å². The molecule has 0 spiro atoms. The van der Waals surface area contributed by atoms with Gasteiger partial charge in [0.1, 0.15) is 0 Å². The molecule has 2 saturated carbocycles. The van der Waals surface area contributed by atoms with Gasteiger partial charge in [-0.25, -0.2) is 0 Å². The molecular formula is C16H28O. The number of ether oxygens (including phenoxy) is 1. The first kappa shape index (κ1) is 12.0. The Morgan fingerprint density at radius 3 is 2.29 bits per heavy atom. The van der Waals surface area contributed by atoms with E-state index in [1.807, 2.05) is 0 Å². The lowest BCUT2D eigenvalue weighted by Crippen LogP contribution is -2.40. The first-order valence-electron chi connectivity index (χ1n) is 7.69. The summed E-state index contributed by atoms with van der Waals surface area (Å²) in [7, 11) is 0. The third-order valence-electron chi connectivity index (χ3n) is 6.15. The van der Waals surface area contributed by atoms with Crippen molar-refractivity contribution in [1.82, 2.24) is 0 Å². The third-order valence-corrected chi connectivity index (χ3v) is 6.15. The summed E-state index contributed by atoms with van der Waals surface area (Å²) in [5.74, 6) is 4.01. The molecule has 5 atom stereocenters. The fourth-order valence-electron chi connectivity index (χ4n) is 4.33. The van der Waals surface area contributed by atoms with Crippen molar-refractivity contribution < 1.29 is 4.74 Å². The van der Waals surface area contributed by atoms with Crippen LogP contribution in [0.2, 0.25) is 0 Å². The highest BCUT2D eigenvalue weighted by Crippen LogP contribution is 2.57. The van der Waals surface area contributed by atoms with Gasteiger partial charge in [0.15, 0.2) is 0 Å². The Bertz CT molecular complexity index is 275. The number of rotatable bonds is 2. The maximum atomic E-state index is 5.90. The molecule has 1 saturated heterocycles. The molecule has 3 fully saturated rings. The van der Waals surface area contributed by atoms with Gasteiger partial charge in [-0.3, -0.25) is 0 Å². The zero-order chi connectivity index (χ0) is 12.0. The van der Waals surface area contributed by atoms with Gasteiger partial charge < -0.3 is 4.74 Å². The lowest BCUT2D eigenvalue weighted by Gasteiger charge is -2.45. The molecule has 3 aliphatic rings. The molecule has 0 aromatic heterocycles. The summed E-state index contributed by atoms with van der Waals surface area (Å²) >= 11 is 0. The molecule has 0 bridgehead atoms. The van der Waals surface area contributed by atoms with E-state index in [-0.39, 0.29) is 0 Å². The van der Waals surface area contributed by atoms with E-state index in [2.05, 4.69) is 20.8 Å². The molecule has 2 aliphatic carbocycles. The maximum Gasteiger partial charge on any atom is 0.0547 e. The fourth-order valence-corrected chi connectivity index (χ4v) is 4.33. The Morgan fingerprint density at radius 2 is 1.65 bits per heavy atom. The summed E-state index contributed by atoms with van der Waals surface area (Å²) in [4.78, 5) is 0. The second kappa shape index (κ2) is 4.26. The highest BCUT2D eigenvalue weighted by molar-refractivity contribution is 4.98. The molecule has 1 heterocycles. The predicted molar refractivity (Wildman–Crippen MR) is 70.9 cm³/mol. The number of hydrogen-bond acceptors (Lipinski definition) is 1. The average molecular weight is 236 g/mol. The molecule has 0 N–H and O–H groups in total. The highest BCUT2D eigenvalue weighted by Gasteiger charge is 2.48. The van der Waals surface area contributed by atoms with Crippen molar-refractivity contribution in [2.45, 2.75) is 65.4 Å². The van der Waals surface area contributed by atoms with Gasteiger partial charge in [0.25, 0.3) is 0 Å². The molecule has 0 aromatic rings. The van der Waals surface area contributed by atoms with Gasteiger partial charge in [-0.1, -0.05) is 13.8 Å². The maximum absolute atomic E-state index is 5.90. The third kappa shape index (κ3) is 2.28. The lowest BCUT2D eigenvalue weighted by atomic mass is 9.63. The summed E-state index contributed by atoms with van der Waals surface area (Å²) in [5, 5.41) is 0. The van der Waals surface area contributed by atoms with Crippen molar-refractivity contribution in [3.8, 4) is 0 Å². The van der Waals surface area contributed by atoms with Crippen LogP contribution in [0.5, 0.6) is 0 Å². The minimum absolute atomic E-state index is 0.501. The van der Waals surface area contributed by atoms with Crippen molar-refractivity contribution in [3.63, 3.8) is 0 Å². The van der Waals surface area contributed by atoms with Crippen molar-refractivity contribution in [1.29, 1.82) is 0 Å². The molecule has 3 rings (SSSR count). The molecule has 1 aliphatic heterocycles. The van der Waals surface area contributed by atoms with Gasteiger partial charge in [-0.15, -0.1) is 0 Å². The van der Waals surface area contributed by atoms with Gasteiger partial charge in [-0.2, -0.15) is 0 Å². The Hall–Kier alpha value is -0.0400.